The Morgan fingerprint density at radius 1 is 1.42 bits per heavy atom. The van der Waals surface area contributed by atoms with Crippen molar-refractivity contribution in [1.82, 2.24) is 10.2 Å². The highest BCUT2D eigenvalue weighted by atomic mass is 16.5. The van der Waals surface area contributed by atoms with E-state index in [-0.39, 0.29) is 18.1 Å². The third-order valence-corrected chi connectivity index (χ3v) is 4.75. The first-order valence-electron chi connectivity index (χ1n) is 7.44. The van der Waals surface area contributed by atoms with E-state index in [9.17, 15) is 4.79 Å². The standard InChI is InChI=1S/C14H24N2O3/c1-18-11-7-12(15-8-11)14(17)16-5-4-13-10(9-16)3-2-6-19-13/h10-13,15H,2-9H2,1H3/t10-,11-,12+,13+/m0/s1. The molecular formula is C14H24N2O3. The van der Waals surface area contributed by atoms with Crippen LogP contribution in [0, 0.1) is 5.92 Å². The molecule has 3 rings (SSSR count). The third kappa shape index (κ3) is 2.78. The van der Waals surface area contributed by atoms with Gasteiger partial charge in [-0.2, -0.15) is 0 Å². The summed E-state index contributed by atoms with van der Waals surface area (Å²) in [6.45, 7) is 3.40. The Labute approximate surface area is 114 Å². The highest BCUT2D eigenvalue weighted by Gasteiger charge is 2.38. The molecule has 0 bridgehead atoms. The van der Waals surface area contributed by atoms with Crippen molar-refractivity contribution >= 4 is 5.91 Å². The molecule has 3 saturated heterocycles. The minimum atomic E-state index is -0.0500. The predicted octanol–water partition coefficient (Wildman–Crippen LogP) is 0.391. The number of likely N-dealkylation sites (tertiary alicyclic amines) is 1. The van der Waals surface area contributed by atoms with E-state index in [2.05, 4.69) is 5.32 Å². The number of rotatable bonds is 2. The van der Waals surface area contributed by atoms with E-state index in [4.69, 9.17) is 9.47 Å². The van der Waals surface area contributed by atoms with Crippen LogP contribution in [0.2, 0.25) is 0 Å². The number of nitrogens with zero attached hydrogens (tertiary/aromatic N) is 1. The molecule has 1 N–H and O–H groups in total. The second-order valence-electron chi connectivity index (χ2n) is 5.94. The third-order valence-electron chi connectivity index (χ3n) is 4.75. The fraction of sp³-hybridized carbons (Fsp3) is 0.929. The van der Waals surface area contributed by atoms with Crippen LogP contribution < -0.4 is 5.32 Å². The highest BCUT2D eigenvalue weighted by Crippen LogP contribution is 2.29. The lowest BCUT2D eigenvalue weighted by Crippen LogP contribution is -2.52. The van der Waals surface area contributed by atoms with Gasteiger partial charge < -0.3 is 19.7 Å². The number of methoxy groups -OCH3 is 1. The van der Waals surface area contributed by atoms with Crippen LogP contribution in [0.4, 0.5) is 0 Å². The Kier molecular flexibility index (Phi) is 4.05. The molecule has 3 aliphatic rings. The minimum absolute atomic E-state index is 0.0500. The fourth-order valence-electron chi connectivity index (χ4n) is 3.58. The summed E-state index contributed by atoms with van der Waals surface area (Å²) in [6.07, 6.45) is 4.71. The van der Waals surface area contributed by atoms with Crippen LogP contribution in [-0.4, -0.2) is 62.4 Å². The first kappa shape index (κ1) is 13.3. The lowest BCUT2D eigenvalue weighted by Gasteiger charge is -2.41. The summed E-state index contributed by atoms with van der Waals surface area (Å²) in [6, 6.07) is -0.0500. The van der Waals surface area contributed by atoms with Crippen molar-refractivity contribution in [2.24, 2.45) is 5.92 Å². The van der Waals surface area contributed by atoms with E-state index in [1.54, 1.807) is 7.11 Å². The van der Waals surface area contributed by atoms with Crippen LogP contribution in [0.25, 0.3) is 0 Å². The molecule has 0 aliphatic carbocycles. The maximum atomic E-state index is 12.5. The smallest absolute Gasteiger partial charge is 0.239 e. The molecule has 0 unspecified atom stereocenters. The van der Waals surface area contributed by atoms with Gasteiger partial charge in [0.1, 0.15) is 0 Å². The quantitative estimate of drug-likeness (QED) is 0.787. The Hall–Kier alpha value is -0.650. The van der Waals surface area contributed by atoms with E-state index in [0.29, 0.717) is 12.0 Å². The highest BCUT2D eigenvalue weighted by molar-refractivity contribution is 5.82. The molecule has 0 aromatic rings. The number of hydrogen-bond acceptors (Lipinski definition) is 4. The topological polar surface area (TPSA) is 50.8 Å². The van der Waals surface area contributed by atoms with Gasteiger partial charge in [0.25, 0.3) is 0 Å². The van der Waals surface area contributed by atoms with Crippen molar-refractivity contribution in [2.45, 2.75) is 43.9 Å². The number of carbonyl (C=O) groups is 1. The monoisotopic (exact) mass is 268 g/mol. The Balaban J connectivity index is 1.56. The summed E-state index contributed by atoms with van der Waals surface area (Å²) >= 11 is 0. The molecule has 0 saturated carbocycles. The number of nitrogens with one attached hydrogen (secondary N) is 1. The van der Waals surface area contributed by atoms with E-state index < -0.39 is 0 Å². The maximum Gasteiger partial charge on any atom is 0.239 e. The van der Waals surface area contributed by atoms with Crippen molar-refractivity contribution in [3.05, 3.63) is 0 Å². The van der Waals surface area contributed by atoms with E-state index in [0.717, 1.165) is 45.5 Å². The Bertz CT molecular complexity index is 337. The molecule has 1 amide bonds. The van der Waals surface area contributed by atoms with Crippen LogP contribution in [0.1, 0.15) is 25.7 Å². The number of ether oxygens (including phenoxy) is 2. The number of fused-ring (bicyclic) bond motifs is 1. The number of hydrogen-bond donors (Lipinski definition) is 1. The van der Waals surface area contributed by atoms with Gasteiger partial charge >= 0.3 is 0 Å². The first-order valence-corrected chi connectivity index (χ1v) is 7.44. The lowest BCUT2D eigenvalue weighted by atomic mass is 9.88. The molecule has 5 heteroatoms. The summed E-state index contributed by atoms with van der Waals surface area (Å²) < 4.78 is 11.1. The van der Waals surface area contributed by atoms with Crippen molar-refractivity contribution in [1.29, 1.82) is 0 Å². The van der Waals surface area contributed by atoms with Gasteiger partial charge in [0.05, 0.1) is 18.2 Å². The van der Waals surface area contributed by atoms with Gasteiger partial charge in [-0.15, -0.1) is 0 Å². The average molecular weight is 268 g/mol. The van der Waals surface area contributed by atoms with Crippen molar-refractivity contribution in [3.8, 4) is 0 Å². The normalized spacial score (nSPS) is 39.1. The Morgan fingerprint density at radius 3 is 3.11 bits per heavy atom. The zero-order chi connectivity index (χ0) is 13.2. The predicted molar refractivity (Wildman–Crippen MR) is 70.9 cm³/mol. The van der Waals surface area contributed by atoms with Gasteiger partial charge in [0.2, 0.25) is 5.91 Å². The molecule has 0 aromatic carbocycles. The molecule has 3 heterocycles. The van der Waals surface area contributed by atoms with E-state index >= 15 is 0 Å². The van der Waals surface area contributed by atoms with Gasteiger partial charge in [-0.25, -0.2) is 0 Å². The van der Waals surface area contributed by atoms with Gasteiger partial charge in [-0.1, -0.05) is 0 Å². The fourth-order valence-corrected chi connectivity index (χ4v) is 3.58. The van der Waals surface area contributed by atoms with Crippen LogP contribution in [0.15, 0.2) is 0 Å². The maximum absolute atomic E-state index is 12.5. The van der Waals surface area contributed by atoms with Crippen LogP contribution in [0.5, 0.6) is 0 Å². The second kappa shape index (κ2) is 5.77. The van der Waals surface area contributed by atoms with Crippen molar-refractivity contribution < 1.29 is 14.3 Å². The van der Waals surface area contributed by atoms with Crippen molar-refractivity contribution in [3.63, 3.8) is 0 Å². The van der Waals surface area contributed by atoms with Crippen LogP contribution in [-0.2, 0) is 14.3 Å². The summed E-state index contributed by atoms with van der Waals surface area (Å²) in [5, 5.41) is 3.28. The molecule has 0 aromatic heterocycles. The SMILES string of the molecule is CO[C@@H]1CN[C@@H](C(=O)N2CC[C@H]3OCCC[C@H]3C2)C1. The van der Waals surface area contributed by atoms with Gasteiger partial charge in [-0.05, 0) is 25.7 Å². The summed E-state index contributed by atoms with van der Waals surface area (Å²) in [5.74, 6) is 0.801. The molecule has 108 valence electrons. The zero-order valence-electron chi connectivity index (χ0n) is 11.6. The molecule has 4 atom stereocenters. The lowest BCUT2D eigenvalue weighted by molar-refractivity contribution is -0.140. The average Bonchev–Trinajstić information content (AvgIpc) is 2.95. The van der Waals surface area contributed by atoms with Crippen LogP contribution in [0.3, 0.4) is 0 Å². The van der Waals surface area contributed by atoms with Gasteiger partial charge in [0, 0.05) is 39.3 Å². The summed E-state index contributed by atoms with van der Waals surface area (Å²) in [7, 11) is 1.71. The van der Waals surface area contributed by atoms with E-state index in [1.165, 1.54) is 6.42 Å². The molecule has 3 fully saturated rings. The zero-order valence-corrected chi connectivity index (χ0v) is 11.6. The van der Waals surface area contributed by atoms with Gasteiger partial charge in [-0.3, -0.25) is 4.79 Å². The molecule has 5 nitrogen and oxygen atoms in total. The molecule has 3 aliphatic heterocycles. The first-order chi connectivity index (χ1) is 9.28. The molecule has 0 spiro atoms. The van der Waals surface area contributed by atoms with Crippen LogP contribution >= 0.6 is 0 Å². The summed E-state index contributed by atoms with van der Waals surface area (Å²) in [4.78, 5) is 14.5. The largest absolute Gasteiger partial charge is 0.380 e. The second-order valence-corrected chi connectivity index (χ2v) is 5.94. The Morgan fingerprint density at radius 2 is 2.32 bits per heavy atom. The van der Waals surface area contributed by atoms with E-state index in [1.807, 2.05) is 4.90 Å². The van der Waals surface area contributed by atoms with Gasteiger partial charge in [0.15, 0.2) is 0 Å². The minimum Gasteiger partial charge on any atom is -0.380 e. The number of carbonyl (C=O) groups excluding carboxylic acids is 1. The summed E-state index contributed by atoms with van der Waals surface area (Å²) in [5.41, 5.74) is 0. The van der Waals surface area contributed by atoms with Crippen molar-refractivity contribution in [2.75, 3.05) is 33.4 Å². The molecule has 19 heavy (non-hydrogen) atoms. The molecular weight excluding hydrogens is 244 g/mol. The molecule has 0 radical (unpaired) electrons. The number of piperidine rings is 1. The number of amides is 1.